The monoisotopic (exact) mass is 385 g/mol. The number of aryl methyl sites for hydroxylation is 1. The van der Waals surface area contributed by atoms with Crippen LogP contribution in [0.2, 0.25) is 0 Å². The van der Waals surface area contributed by atoms with Gasteiger partial charge >= 0.3 is 0 Å². The van der Waals surface area contributed by atoms with Crippen LogP contribution in [0.25, 0.3) is 5.82 Å². The van der Waals surface area contributed by atoms with E-state index in [2.05, 4.69) is 9.98 Å². The van der Waals surface area contributed by atoms with Crippen LogP contribution >= 0.6 is 23.7 Å². The number of benzene rings is 2. The van der Waals surface area contributed by atoms with Crippen molar-refractivity contribution < 1.29 is 5.11 Å². The van der Waals surface area contributed by atoms with Crippen molar-refractivity contribution in [3.05, 3.63) is 71.5 Å². The van der Waals surface area contributed by atoms with Crippen LogP contribution in [0.4, 0.5) is 5.69 Å². The molecule has 0 aliphatic carbocycles. The second kappa shape index (κ2) is 6.93. The zero-order valence-corrected chi connectivity index (χ0v) is 15.5. The van der Waals surface area contributed by atoms with Gasteiger partial charge in [0.05, 0.1) is 11.0 Å². The number of anilines is 1. The highest BCUT2D eigenvalue weighted by Gasteiger charge is 2.24. The van der Waals surface area contributed by atoms with Gasteiger partial charge in [-0.2, -0.15) is 0 Å². The Morgan fingerprint density at radius 3 is 2.73 bits per heavy atom. The molecule has 0 atom stereocenters. The van der Waals surface area contributed by atoms with Crippen LogP contribution in [0.1, 0.15) is 0 Å². The SMILES string of the molecule is Cn1ccnc1SN(C1=c2cc(O)ccc2=NCN1Cl)c1ccccc1. The zero-order valence-electron chi connectivity index (χ0n) is 14.0. The molecule has 1 aliphatic rings. The summed E-state index contributed by atoms with van der Waals surface area (Å²) in [6.45, 7) is 0.319. The van der Waals surface area contributed by atoms with Gasteiger partial charge in [-0.25, -0.2) is 9.40 Å². The maximum absolute atomic E-state index is 9.99. The molecule has 0 unspecified atom stereocenters. The average Bonchev–Trinajstić information content (AvgIpc) is 3.05. The minimum Gasteiger partial charge on any atom is -0.508 e. The van der Waals surface area contributed by atoms with E-state index in [1.165, 1.54) is 11.9 Å². The Hall–Kier alpha value is -2.64. The van der Waals surface area contributed by atoms with Crippen LogP contribution in [-0.4, -0.2) is 25.7 Å². The summed E-state index contributed by atoms with van der Waals surface area (Å²) in [4.78, 5) is 8.87. The van der Waals surface area contributed by atoms with Gasteiger partial charge in [0.2, 0.25) is 0 Å². The summed E-state index contributed by atoms with van der Waals surface area (Å²) in [6, 6.07) is 15.0. The first kappa shape index (κ1) is 16.8. The Labute approximate surface area is 159 Å². The van der Waals surface area contributed by atoms with Crippen molar-refractivity contribution in [3.63, 3.8) is 0 Å². The summed E-state index contributed by atoms with van der Waals surface area (Å²) in [6.07, 6.45) is 3.65. The Kier molecular flexibility index (Phi) is 4.48. The zero-order chi connectivity index (χ0) is 18.1. The lowest BCUT2D eigenvalue weighted by molar-refractivity contribution is 0.473. The molecule has 26 heavy (non-hydrogen) atoms. The summed E-state index contributed by atoms with van der Waals surface area (Å²) in [7, 11) is 1.94. The molecule has 2 heterocycles. The molecule has 0 saturated heterocycles. The fourth-order valence-electron chi connectivity index (χ4n) is 2.69. The summed E-state index contributed by atoms with van der Waals surface area (Å²) >= 11 is 7.98. The quantitative estimate of drug-likeness (QED) is 0.552. The van der Waals surface area contributed by atoms with Crippen LogP contribution in [0.15, 0.2) is 71.1 Å². The van der Waals surface area contributed by atoms with Crippen molar-refractivity contribution in [3.8, 4) is 5.75 Å². The molecule has 0 saturated carbocycles. The standard InChI is InChI=1S/C18H16ClN5OS/c1-22-10-9-20-18(22)26-24(13-5-3-2-4-6-13)17-15-11-14(25)7-8-16(15)21-12-23(17)19/h2-11,25H,12H2,1H3. The van der Waals surface area contributed by atoms with Gasteiger partial charge in [-0.05, 0) is 30.3 Å². The highest BCUT2D eigenvalue weighted by Crippen LogP contribution is 2.34. The maximum Gasteiger partial charge on any atom is 0.189 e. The van der Waals surface area contributed by atoms with Crippen LogP contribution in [-0.2, 0) is 7.05 Å². The first-order valence-corrected chi connectivity index (χ1v) is 9.06. The van der Waals surface area contributed by atoms with E-state index in [4.69, 9.17) is 11.8 Å². The van der Waals surface area contributed by atoms with Gasteiger partial charge in [0.1, 0.15) is 18.2 Å². The molecule has 0 bridgehead atoms. The van der Waals surface area contributed by atoms with Gasteiger partial charge in [-0.1, -0.05) is 18.2 Å². The predicted octanol–water partition coefficient (Wildman–Crippen LogP) is 2.45. The lowest BCUT2D eigenvalue weighted by atomic mass is 10.2. The molecule has 1 aliphatic heterocycles. The number of halogens is 1. The van der Waals surface area contributed by atoms with Crippen molar-refractivity contribution in [2.75, 3.05) is 11.0 Å². The average molecular weight is 386 g/mol. The van der Waals surface area contributed by atoms with Crippen molar-refractivity contribution in [1.82, 2.24) is 14.0 Å². The summed E-state index contributed by atoms with van der Waals surface area (Å²) in [5.41, 5.74) is 0.942. The van der Waals surface area contributed by atoms with E-state index >= 15 is 0 Å². The molecule has 3 aromatic rings. The van der Waals surface area contributed by atoms with Gasteiger partial charge < -0.3 is 9.67 Å². The number of phenols is 1. The number of para-hydroxylation sites is 1. The molecule has 1 N–H and O–H groups in total. The van der Waals surface area contributed by atoms with Crippen molar-refractivity contribution in [2.45, 2.75) is 5.16 Å². The van der Waals surface area contributed by atoms with E-state index in [-0.39, 0.29) is 5.75 Å². The number of nitrogens with zero attached hydrogens (tertiary/aromatic N) is 5. The largest absolute Gasteiger partial charge is 0.508 e. The topological polar surface area (TPSA) is 56.9 Å². The highest BCUT2D eigenvalue weighted by atomic mass is 35.5. The van der Waals surface area contributed by atoms with Crippen LogP contribution in [0, 0.1) is 0 Å². The fourth-order valence-corrected chi connectivity index (χ4v) is 3.92. The molecule has 0 fully saturated rings. The molecule has 8 heteroatoms. The molecule has 0 radical (unpaired) electrons. The smallest absolute Gasteiger partial charge is 0.189 e. The molecule has 0 amide bonds. The second-order valence-electron chi connectivity index (χ2n) is 5.73. The highest BCUT2D eigenvalue weighted by molar-refractivity contribution is 8.00. The Bertz CT molecular complexity index is 1050. The van der Waals surface area contributed by atoms with Gasteiger partial charge in [0.25, 0.3) is 0 Å². The molecular formula is C18H16ClN5OS. The number of phenolic OH excluding ortho intramolecular Hbond substituents is 1. The van der Waals surface area contributed by atoms with E-state index in [9.17, 15) is 5.11 Å². The Morgan fingerprint density at radius 1 is 1.19 bits per heavy atom. The molecule has 0 spiro atoms. The lowest BCUT2D eigenvalue weighted by Crippen LogP contribution is -2.42. The second-order valence-corrected chi connectivity index (χ2v) is 7.05. The number of imidazole rings is 1. The summed E-state index contributed by atoms with van der Waals surface area (Å²) in [5, 5.41) is 12.4. The summed E-state index contributed by atoms with van der Waals surface area (Å²) in [5.74, 6) is 0.894. The predicted molar refractivity (Wildman–Crippen MR) is 103 cm³/mol. The van der Waals surface area contributed by atoms with E-state index < -0.39 is 0 Å². The van der Waals surface area contributed by atoms with Gasteiger partial charge in [0, 0.05) is 48.4 Å². The van der Waals surface area contributed by atoms with E-state index in [1.807, 2.05) is 52.4 Å². The maximum atomic E-state index is 9.99. The number of aromatic nitrogens is 2. The number of fused-ring (bicyclic) bond motifs is 1. The third-order valence-corrected chi connectivity index (χ3v) is 5.34. The fraction of sp³-hybridized carbons (Fsp3) is 0.111. The third-order valence-electron chi connectivity index (χ3n) is 3.95. The molecule has 1 aromatic heterocycles. The summed E-state index contributed by atoms with van der Waals surface area (Å²) < 4.78 is 5.49. The van der Waals surface area contributed by atoms with Crippen molar-refractivity contribution >= 4 is 35.2 Å². The van der Waals surface area contributed by atoms with Gasteiger partial charge in [-0.3, -0.25) is 9.30 Å². The van der Waals surface area contributed by atoms with Crippen molar-refractivity contribution in [1.29, 1.82) is 0 Å². The van der Waals surface area contributed by atoms with Crippen LogP contribution < -0.4 is 14.9 Å². The Morgan fingerprint density at radius 2 is 2.00 bits per heavy atom. The third kappa shape index (κ3) is 3.11. The Balaban J connectivity index is 1.94. The van der Waals surface area contributed by atoms with Crippen molar-refractivity contribution in [2.24, 2.45) is 12.0 Å². The van der Waals surface area contributed by atoms with Crippen LogP contribution in [0.3, 0.4) is 0 Å². The molecular weight excluding hydrogens is 370 g/mol. The molecule has 2 aromatic carbocycles. The molecule has 132 valence electrons. The first-order valence-electron chi connectivity index (χ1n) is 7.95. The van der Waals surface area contributed by atoms with E-state index in [0.29, 0.717) is 6.67 Å². The lowest BCUT2D eigenvalue weighted by Gasteiger charge is -2.31. The normalized spacial score (nSPS) is 13.3. The van der Waals surface area contributed by atoms with E-state index in [1.54, 1.807) is 28.8 Å². The number of rotatable bonds is 4. The number of hydrogen-bond acceptors (Lipinski definition) is 6. The molecule has 4 rings (SSSR count). The minimum atomic E-state index is 0.165. The van der Waals surface area contributed by atoms with Gasteiger partial charge in [-0.15, -0.1) is 0 Å². The van der Waals surface area contributed by atoms with E-state index in [0.717, 1.165) is 27.2 Å². The number of hydrogen-bond donors (Lipinski definition) is 1. The first-order chi connectivity index (χ1) is 12.6. The molecule has 6 nitrogen and oxygen atoms in total. The van der Waals surface area contributed by atoms with Crippen LogP contribution in [0.5, 0.6) is 5.75 Å². The minimum absolute atomic E-state index is 0.165. The number of aromatic hydroxyl groups is 1. The van der Waals surface area contributed by atoms with Gasteiger partial charge in [0.15, 0.2) is 5.16 Å².